The van der Waals surface area contributed by atoms with E-state index in [9.17, 15) is 4.79 Å². The fraction of sp³-hybridized carbons (Fsp3) is 0.500. The SMILES string of the molecule is CCc1nccn1C1CCCN(c2ccc(C(=O)NC)nn2)C1. The predicted molar refractivity (Wildman–Crippen MR) is 87.5 cm³/mol. The molecule has 1 saturated heterocycles. The Morgan fingerprint density at radius 1 is 1.39 bits per heavy atom. The Hall–Kier alpha value is -2.44. The number of aryl methyl sites for hydroxylation is 1. The van der Waals surface area contributed by atoms with Gasteiger partial charge in [0.05, 0.1) is 6.04 Å². The molecule has 7 nitrogen and oxygen atoms in total. The number of nitrogens with one attached hydrogen (secondary N) is 1. The van der Waals surface area contributed by atoms with E-state index in [1.807, 2.05) is 12.3 Å². The highest BCUT2D eigenvalue weighted by molar-refractivity contribution is 5.91. The first-order valence-electron chi connectivity index (χ1n) is 8.05. The summed E-state index contributed by atoms with van der Waals surface area (Å²) in [4.78, 5) is 18.2. The number of nitrogens with zero attached hydrogens (tertiary/aromatic N) is 5. The van der Waals surface area contributed by atoms with E-state index in [4.69, 9.17) is 0 Å². The Labute approximate surface area is 135 Å². The molecule has 3 rings (SSSR count). The number of piperidine rings is 1. The highest BCUT2D eigenvalue weighted by Crippen LogP contribution is 2.25. The Morgan fingerprint density at radius 3 is 2.96 bits per heavy atom. The largest absolute Gasteiger partial charge is 0.354 e. The summed E-state index contributed by atoms with van der Waals surface area (Å²) >= 11 is 0. The van der Waals surface area contributed by atoms with Crippen LogP contribution in [0.3, 0.4) is 0 Å². The smallest absolute Gasteiger partial charge is 0.271 e. The van der Waals surface area contributed by atoms with Crippen molar-refractivity contribution in [3.8, 4) is 0 Å². The summed E-state index contributed by atoms with van der Waals surface area (Å²) in [7, 11) is 1.59. The van der Waals surface area contributed by atoms with Gasteiger partial charge in [0, 0.05) is 39.0 Å². The lowest BCUT2D eigenvalue weighted by atomic mass is 10.1. The highest BCUT2D eigenvalue weighted by Gasteiger charge is 2.23. The standard InChI is InChI=1S/C16H22N6O/c1-3-14-18-8-10-22(14)12-5-4-9-21(11-12)15-7-6-13(19-20-15)16(23)17-2/h6-8,10,12H,3-5,9,11H2,1-2H3,(H,17,23). The average Bonchev–Trinajstić information content (AvgIpc) is 3.10. The molecule has 0 saturated carbocycles. The number of hydrogen-bond donors (Lipinski definition) is 1. The minimum Gasteiger partial charge on any atom is -0.354 e. The van der Waals surface area contributed by atoms with E-state index in [0.717, 1.165) is 44.0 Å². The second-order valence-electron chi connectivity index (χ2n) is 5.70. The second kappa shape index (κ2) is 6.76. The first kappa shape index (κ1) is 15.5. The van der Waals surface area contributed by atoms with Gasteiger partial charge in [-0.1, -0.05) is 6.92 Å². The molecule has 0 aliphatic carbocycles. The fourth-order valence-electron chi connectivity index (χ4n) is 3.08. The van der Waals surface area contributed by atoms with E-state index in [-0.39, 0.29) is 5.91 Å². The monoisotopic (exact) mass is 314 g/mol. The number of carbonyl (C=O) groups is 1. The predicted octanol–water partition coefficient (Wildman–Crippen LogP) is 1.44. The lowest BCUT2D eigenvalue weighted by Crippen LogP contribution is -2.37. The van der Waals surface area contributed by atoms with Gasteiger partial charge < -0.3 is 14.8 Å². The van der Waals surface area contributed by atoms with Gasteiger partial charge in [0.2, 0.25) is 0 Å². The summed E-state index contributed by atoms with van der Waals surface area (Å²) in [6.45, 7) is 3.97. The molecular weight excluding hydrogens is 292 g/mol. The van der Waals surface area contributed by atoms with Crippen LogP contribution < -0.4 is 10.2 Å². The Morgan fingerprint density at radius 2 is 2.26 bits per heavy atom. The van der Waals surface area contributed by atoms with Gasteiger partial charge in [-0.3, -0.25) is 4.79 Å². The number of imidazole rings is 1. The molecule has 7 heteroatoms. The van der Waals surface area contributed by atoms with Crippen LogP contribution in [0.25, 0.3) is 0 Å². The topological polar surface area (TPSA) is 75.9 Å². The normalized spacial score (nSPS) is 18.0. The van der Waals surface area contributed by atoms with Crippen molar-refractivity contribution in [1.82, 2.24) is 25.1 Å². The van der Waals surface area contributed by atoms with Crippen molar-refractivity contribution in [2.24, 2.45) is 0 Å². The molecule has 0 bridgehead atoms. The maximum Gasteiger partial charge on any atom is 0.271 e. The van der Waals surface area contributed by atoms with Crippen molar-refractivity contribution in [2.75, 3.05) is 25.0 Å². The molecule has 122 valence electrons. The van der Waals surface area contributed by atoms with E-state index < -0.39 is 0 Å². The van der Waals surface area contributed by atoms with E-state index in [0.29, 0.717) is 11.7 Å². The fourth-order valence-corrected chi connectivity index (χ4v) is 3.08. The van der Waals surface area contributed by atoms with Gasteiger partial charge in [-0.25, -0.2) is 4.98 Å². The average molecular weight is 314 g/mol. The summed E-state index contributed by atoms with van der Waals surface area (Å²) < 4.78 is 2.28. The highest BCUT2D eigenvalue weighted by atomic mass is 16.1. The number of rotatable bonds is 4. The third kappa shape index (κ3) is 3.18. The van der Waals surface area contributed by atoms with Crippen molar-refractivity contribution in [2.45, 2.75) is 32.2 Å². The van der Waals surface area contributed by atoms with E-state index in [1.165, 1.54) is 0 Å². The van der Waals surface area contributed by atoms with E-state index >= 15 is 0 Å². The lowest BCUT2D eigenvalue weighted by Gasteiger charge is -2.34. The minimum absolute atomic E-state index is 0.216. The second-order valence-corrected chi connectivity index (χ2v) is 5.70. The molecule has 1 aliphatic rings. The summed E-state index contributed by atoms with van der Waals surface area (Å²) in [5, 5.41) is 10.8. The van der Waals surface area contributed by atoms with Crippen LogP contribution in [0.5, 0.6) is 0 Å². The Bertz CT molecular complexity index is 665. The molecule has 1 amide bonds. The summed E-state index contributed by atoms with van der Waals surface area (Å²) in [6.07, 6.45) is 7.11. The van der Waals surface area contributed by atoms with Crippen molar-refractivity contribution in [3.05, 3.63) is 36.0 Å². The molecule has 2 aromatic rings. The number of amides is 1. The molecule has 1 aliphatic heterocycles. The van der Waals surface area contributed by atoms with Gasteiger partial charge in [-0.2, -0.15) is 0 Å². The third-order valence-corrected chi connectivity index (χ3v) is 4.29. The molecule has 2 aromatic heterocycles. The van der Waals surface area contributed by atoms with Gasteiger partial charge in [-0.15, -0.1) is 10.2 Å². The summed E-state index contributed by atoms with van der Waals surface area (Å²) in [5.41, 5.74) is 0.340. The maximum absolute atomic E-state index is 11.5. The molecule has 1 unspecified atom stereocenters. The zero-order chi connectivity index (χ0) is 16.2. The quantitative estimate of drug-likeness (QED) is 0.924. The zero-order valence-electron chi connectivity index (χ0n) is 13.6. The minimum atomic E-state index is -0.216. The first-order chi connectivity index (χ1) is 11.2. The molecule has 0 radical (unpaired) electrons. The molecule has 3 heterocycles. The van der Waals surface area contributed by atoms with Crippen LogP contribution in [0.4, 0.5) is 5.82 Å². The molecule has 1 atom stereocenters. The number of carbonyl (C=O) groups excluding carboxylic acids is 1. The van der Waals surface area contributed by atoms with Crippen LogP contribution in [0.15, 0.2) is 24.5 Å². The van der Waals surface area contributed by atoms with Crippen molar-refractivity contribution < 1.29 is 4.79 Å². The van der Waals surface area contributed by atoms with Gasteiger partial charge in [0.15, 0.2) is 11.5 Å². The molecular formula is C16H22N6O. The van der Waals surface area contributed by atoms with Gasteiger partial charge in [0.1, 0.15) is 5.82 Å². The van der Waals surface area contributed by atoms with Crippen molar-refractivity contribution >= 4 is 11.7 Å². The van der Waals surface area contributed by atoms with Gasteiger partial charge >= 0.3 is 0 Å². The molecule has 0 spiro atoms. The molecule has 0 aromatic carbocycles. The summed E-state index contributed by atoms with van der Waals surface area (Å²) in [6, 6.07) is 4.00. The van der Waals surface area contributed by atoms with Crippen LogP contribution >= 0.6 is 0 Å². The zero-order valence-corrected chi connectivity index (χ0v) is 13.6. The van der Waals surface area contributed by atoms with Crippen LogP contribution in [0, 0.1) is 0 Å². The van der Waals surface area contributed by atoms with Crippen molar-refractivity contribution in [3.63, 3.8) is 0 Å². The summed E-state index contributed by atoms with van der Waals surface area (Å²) in [5.74, 6) is 1.73. The van der Waals surface area contributed by atoms with Gasteiger partial charge in [0.25, 0.3) is 5.91 Å². The van der Waals surface area contributed by atoms with Gasteiger partial charge in [-0.05, 0) is 25.0 Å². The molecule has 23 heavy (non-hydrogen) atoms. The van der Waals surface area contributed by atoms with Crippen molar-refractivity contribution in [1.29, 1.82) is 0 Å². The van der Waals surface area contributed by atoms with Crippen LogP contribution in [0.1, 0.15) is 42.1 Å². The molecule has 1 N–H and O–H groups in total. The van der Waals surface area contributed by atoms with E-state index in [2.05, 4.69) is 43.1 Å². The maximum atomic E-state index is 11.5. The van der Waals surface area contributed by atoms with Crippen LogP contribution in [-0.4, -0.2) is 45.8 Å². The van der Waals surface area contributed by atoms with Crippen LogP contribution in [0.2, 0.25) is 0 Å². The number of hydrogen-bond acceptors (Lipinski definition) is 5. The first-order valence-corrected chi connectivity index (χ1v) is 8.05. The van der Waals surface area contributed by atoms with E-state index in [1.54, 1.807) is 13.1 Å². The Balaban J connectivity index is 1.74. The van der Waals surface area contributed by atoms with Crippen LogP contribution in [-0.2, 0) is 6.42 Å². The number of anilines is 1. The Kier molecular flexibility index (Phi) is 4.55. The molecule has 1 fully saturated rings. The third-order valence-electron chi connectivity index (χ3n) is 4.29. The number of aromatic nitrogens is 4. The lowest BCUT2D eigenvalue weighted by molar-refractivity contribution is 0.0957.